The molecular formula is C14H20ClFN2. The van der Waals surface area contributed by atoms with Gasteiger partial charge in [-0.2, -0.15) is 0 Å². The molecule has 2 rings (SSSR count). The van der Waals surface area contributed by atoms with Crippen molar-refractivity contribution >= 4 is 23.0 Å². The second kappa shape index (κ2) is 5.79. The van der Waals surface area contributed by atoms with Gasteiger partial charge in [0.25, 0.3) is 0 Å². The van der Waals surface area contributed by atoms with Crippen LogP contribution in [0.15, 0.2) is 12.1 Å². The summed E-state index contributed by atoms with van der Waals surface area (Å²) >= 11 is 5.73. The van der Waals surface area contributed by atoms with Gasteiger partial charge >= 0.3 is 0 Å². The Kier molecular flexibility index (Phi) is 4.33. The highest BCUT2D eigenvalue weighted by atomic mass is 35.5. The summed E-state index contributed by atoms with van der Waals surface area (Å²) in [5.74, 6) is -0.402. The van der Waals surface area contributed by atoms with Crippen LogP contribution in [0.25, 0.3) is 0 Å². The number of nitrogens with zero attached hydrogens (tertiary/aromatic N) is 1. The molecule has 0 bridgehead atoms. The van der Waals surface area contributed by atoms with E-state index in [2.05, 4.69) is 4.90 Å². The van der Waals surface area contributed by atoms with E-state index in [1.54, 1.807) is 0 Å². The fraction of sp³-hybridized carbons (Fsp3) is 0.571. The second-order valence-electron chi connectivity index (χ2n) is 5.08. The molecular weight excluding hydrogens is 251 g/mol. The molecule has 1 aromatic carbocycles. The first-order chi connectivity index (χ1) is 8.59. The molecule has 0 saturated heterocycles. The maximum atomic E-state index is 13.6. The predicted molar refractivity (Wildman–Crippen MR) is 75.7 cm³/mol. The summed E-state index contributed by atoms with van der Waals surface area (Å²) in [4.78, 5) is 2.11. The van der Waals surface area contributed by atoms with Crippen LogP contribution in [0.1, 0.15) is 38.5 Å². The number of rotatable bonds is 2. The minimum Gasteiger partial charge on any atom is -0.397 e. The number of hydrogen-bond donors (Lipinski definition) is 1. The first-order valence-electron chi connectivity index (χ1n) is 6.57. The quantitative estimate of drug-likeness (QED) is 0.644. The van der Waals surface area contributed by atoms with Crippen LogP contribution < -0.4 is 10.6 Å². The number of halogens is 2. The van der Waals surface area contributed by atoms with Crippen molar-refractivity contribution in [1.82, 2.24) is 0 Å². The zero-order chi connectivity index (χ0) is 13.1. The third-order valence-electron chi connectivity index (χ3n) is 3.82. The van der Waals surface area contributed by atoms with Crippen LogP contribution in [0.5, 0.6) is 0 Å². The monoisotopic (exact) mass is 270 g/mol. The molecule has 0 amide bonds. The van der Waals surface area contributed by atoms with Crippen molar-refractivity contribution in [1.29, 1.82) is 0 Å². The van der Waals surface area contributed by atoms with E-state index in [0.29, 0.717) is 11.7 Å². The smallest absolute Gasteiger partial charge is 0.144 e. The molecule has 18 heavy (non-hydrogen) atoms. The zero-order valence-electron chi connectivity index (χ0n) is 10.8. The van der Waals surface area contributed by atoms with Gasteiger partial charge in [0.15, 0.2) is 0 Å². The molecule has 0 aliphatic heterocycles. The molecule has 0 unspecified atom stereocenters. The summed E-state index contributed by atoms with van der Waals surface area (Å²) in [6, 6.07) is 3.40. The van der Waals surface area contributed by atoms with Crippen LogP contribution in [-0.2, 0) is 0 Å². The molecule has 4 heteroatoms. The summed E-state index contributed by atoms with van der Waals surface area (Å²) in [5, 5.41) is 0.0884. The minimum absolute atomic E-state index is 0.0884. The lowest BCUT2D eigenvalue weighted by Crippen LogP contribution is -2.31. The third-order valence-corrected chi connectivity index (χ3v) is 4.11. The summed E-state index contributed by atoms with van der Waals surface area (Å²) in [6.45, 7) is 0. The highest BCUT2D eigenvalue weighted by molar-refractivity contribution is 6.31. The van der Waals surface area contributed by atoms with E-state index >= 15 is 0 Å². The van der Waals surface area contributed by atoms with Crippen molar-refractivity contribution in [2.24, 2.45) is 0 Å². The molecule has 0 heterocycles. The van der Waals surface area contributed by atoms with Gasteiger partial charge in [0.2, 0.25) is 0 Å². The number of anilines is 2. The number of nitrogen functional groups attached to an aromatic ring is 1. The van der Waals surface area contributed by atoms with Crippen molar-refractivity contribution < 1.29 is 4.39 Å². The van der Waals surface area contributed by atoms with Gasteiger partial charge in [-0.3, -0.25) is 0 Å². The van der Waals surface area contributed by atoms with Crippen molar-refractivity contribution in [2.75, 3.05) is 17.7 Å². The van der Waals surface area contributed by atoms with E-state index in [0.717, 1.165) is 18.5 Å². The fourth-order valence-corrected chi connectivity index (χ4v) is 2.87. The average molecular weight is 271 g/mol. The van der Waals surface area contributed by atoms with Gasteiger partial charge in [0.1, 0.15) is 5.82 Å². The van der Waals surface area contributed by atoms with Gasteiger partial charge in [0, 0.05) is 19.2 Å². The lowest BCUT2D eigenvalue weighted by Gasteiger charge is -2.30. The summed E-state index contributed by atoms with van der Waals surface area (Å²) in [5.41, 5.74) is 7.25. The second-order valence-corrected chi connectivity index (χ2v) is 5.49. The van der Waals surface area contributed by atoms with E-state index in [1.807, 2.05) is 7.05 Å². The first kappa shape index (κ1) is 13.5. The Bertz CT molecular complexity index is 415. The number of hydrogen-bond acceptors (Lipinski definition) is 2. The van der Waals surface area contributed by atoms with E-state index in [-0.39, 0.29) is 5.02 Å². The first-order valence-corrected chi connectivity index (χ1v) is 6.94. The molecule has 0 atom stereocenters. The van der Waals surface area contributed by atoms with Crippen LogP contribution in [0.3, 0.4) is 0 Å². The number of benzene rings is 1. The molecule has 1 aliphatic carbocycles. The van der Waals surface area contributed by atoms with Gasteiger partial charge in [-0.25, -0.2) is 4.39 Å². The zero-order valence-corrected chi connectivity index (χ0v) is 11.5. The van der Waals surface area contributed by atoms with Crippen molar-refractivity contribution in [3.63, 3.8) is 0 Å². The molecule has 0 radical (unpaired) electrons. The maximum absolute atomic E-state index is 13.6. The summed E-state index contributed by atoms with van der Waals surface area (Å²) in [7, 11) is 2.00. The van der Waals surface area contributed by atoms with Crippen LogP contribution in [0.2, 0.25) is 5.02 Å². The third kappa shape index (κ3) is 2.89. The lowest BCUT2D eigenvalue weighted by atomic mass is 10.1. The molecule has 0 aromatic heterocycles. The van der Waals surface area contributed by atoms with Crippen molar-refractivity contribution in [3.8, 4) is 0 Å². The Balaban J connectivity index is 2.21. The van der Waals surface area contributed by atoms with Crippen LogP contribution in [0, 0.1) is 5.82 Å². The van der Waals surface area contributed by atoms with Crippen LogP contribution in [-0.4, -0.2) is 13.1 Å². The lowest BCUT2D eigenvalue weighted by molar-refractivity contribution is 0.551. The molecule has 1 fully saturated rings. The van der Waals surface area contributed by atoms with Gasteiger partial charge in [-0.05, 0) is 18.9 Å². The van der Waals surface area contributed by atoms with Gasteiger partial charge < -0.3 is 10.6 Å². The molecule has 1 saturated carbocycles. The molecule has 2 nitrogen and oxygen atoms in total. The average Bonchev–Trinajstić information content (AvgIpc) is 2.61. The standard InChI is InChI=1S/C14H20ClFN2/c1-18(10-6-4-2-3-5-7-10)14-9-12(16)11(15)8-13(14)17/h8-10H,2-7,17H2,1H3. The Labute approximate surface area is 113 Å². The van der Waals surface area contributed by atoms with E-state index in [1.165, 1.54) is 37.8 Å². The fourth-order valence-electron chi connectivity index (χ4n) is 2.70. The van der Waals surface area contributed by atoms with E-state index in [9.17, 15) is 4.39 Å². The highest BCUT2D eigenvalue weighted by Gasteiger charge is 2.20. The minimum atomic E-state index is -0.402. The largest absolute Gasteiger partial charge is 0.397 e. The van der Waals surface area contributed by atoms with E-state index < -0.39 is 5.82 Å². The Morgan fingerprint density at radius 3 is 2.44 bits per heavy atom. The summed E-state index contributed by atoms with van der Waals surface area (Å²) < 4.78 is 13.6. The molecule has 0 spiro atoms. The van der Waals surface area contributed by atoms with Crippen LogP contribution in [0.4, 0.5) is 15.8 Å². The van der Waals surface area contributed by atoms with Crippen molar-refractivity contribution in [2.45, 2.75) is 44.6 Å². The van der Waals surface area contributed by atoms with Gasteiger partial charge in [0.05, 0.1) is 16.4 Å². The molecule has 100 valence electrons. The normalized spacial score (nSPS) is 17.5. The van der Waals surface area contributed by atoms with Gasteiger partial charge in [-0.1, -0.05) is 37.3 Å². The Morgan fingerprint density at radius 1 is 1.22 bits per heavy atom. The SMILES string of the molecule is CN(c1cc(F)c(Cl)cc1N)C1CCCCCC1. The number of nitrogens with two attached hydrogens (primary N) is 1. The summed E-state index contributed by atoms with van der Waals surface area (Å²) in [6.07, 6.45) is 7.39. The molecule has 2 N–H and O–H groups in total. The van der Waals surface area contributed by atoms with E-state index in [4.69, 9.17) is 17.3 Å². The van der Waals surface area contributed by atoms with Gasteiger partial charge in [-0.15, -0.1) is 0 Å². The molecule has 1 aromatic rings. The predicted octanol–water partition coefficient (Wildman–Crippen LogP) is 4.22. The molecule has 1 aliphatic rings. The van der Waals surface area contributed by atoms with Crippen LogP contribution >= 0.6 is 11.6 Å². The Morgan fingerprint density at radius 2 is 1.83 bits per heavy atom. The maximum Gasteiger partial charge on any atom is 0.144 e. The topological polar surface area (TPSA) is 29.3 Å². The van der Waals surface area contributed by atoms with Crippen molar-refractivity contribution in [3.05, 3.63) is 23.0 Å². The highest BCUT2D eigenvalue weighted by Crippen LogP contribution is 2.32. The Hall–Kier alpha value is -0.960.